The van der Waals surface area contributed by atoms with E-state index in [1.807, 2.05) is 42.5 Å². The Balaban J connectivity index is 0.960. The summed E-state index contributed by atoms with van der Waals surface area (Å²) in [4.78, 5) is 10.3. The third-order valence-electron chi connectivity index (χ3n) is 12.1. The van der Waals surface area contributed by atoms with Crippen molar-refractivity contribution in [3.05, 3.63) is 218 Å². The van der Waals surface area contributed by atoms with Crippen LogP contribution in [0.5, 0.6) is 0 Å². The van der Waals surface area contributed by atoms with Gasteiger partial charge >= 0.3 is 0 Å². The lowest BCUT2D eigenvalue weighted by Crippen LogP contribution is -1.96. The number of furan rings is 1. The molecule has 3 heteroatoms. The first-order valence-electron chi connectivity index (χ1n) is 20.7. The van der Waals surface area contributed by atoms with Crippen molar-refractivity contribution in [3.63, 3.8) is 0 Å². The number of para-hydroxylation sites is 1. The summed E-state index contributed by atoms with van der Waals surface area (Å²) in [5.74, 6) is 0.683. The zero-order valence-corrected chi connectivity index (χ0v) is 33.1. The molecule has 0 aliphatic carbocycles. The van der Waals surface area contributed by atoms with Crippen molar-refractivity contribution in [3.8, 4) is 67.3 Å². The quantitative estimate of drug-likeness (QED) is 0.125. The van der Waals surface area contributed by atoms with Crippen LogP contribution in [0.2, 0.25) is 0 Å². The molecule has 284 valence electrons. The summed E-state index contributed by atoms with van der Waals surface area (Å²) in [5, 5.41) is 9.67. The van der Waals surface area contributed by atoms with Crippen LogP contribution in [-0.4, -0.2) is 9.97 Å². The van der Waals surface area contributed by atoms with Gasteiger partial charge < -0.3 is 4.42 Å². The minimum Gasteiger partial charge on any atom is -0.456 e. The molecule has 12 rings (SSSR count). The van der Waals surface area contributed by atoms with E-state index in [0.717, 1.165) is 61.1 Å². The summed E-state index contributed by atoms with van der Waals surface area (Å²) in [6.07, 6.45) is 0. The van der Waals surface area contributed by atoms with Crippen molar-refractivity contribution >= 4 is 54.3 Å². The molecule has 0 radical (unpaired) electrons. The van der Waals surface area contributed by atoms with Crippen LogP contribution in [0.25, 0.3) is 122 Å². The molecule has 61 heavy (non-hydrogen) atoms. The van der Waals surface area contributed by atoms with Crippen LogP contribution in [-0.2, 0) is 0 Å². The molecule has 0 amide bonds. The smallest absolute Gasteiger partial charge is 0.160 e. The van der Waals surface area contributed by atoms with E-state index in [2.05, 4.69) is 176 Å². The van der Waals surface area contributed by atoms with E-state index in [0.29, 0.717) is 5.82 Å². The summed E-state index contributed by atoms with van der Waals surface area (Å²) >= 11 is 0. The monoisotopic (exact) mass is 776 g/mol. The highest BCUT2D eigenvalue weighted by Gasteiger charge is 2.20. The number of benzene rings is 10. The summed E-state index contributed by atoms with van der Waals surface area (Å²) in [5.41, 5.74) is 13.7. The van der Waals surface area contributed by atoms with Crippen molar-refractivity contribution in [1.29, 1.82) is 0 Å². The van der Waals surface area contributed by atoms with Gasteiger partial charge in [-0.05, 0) is 83.9 Å². The van der Waals surface area contributed by atoms with E-state index in [9.17, 15) is 0 Å². The summed E-state index contributed by atoms with van der Waals surface area (Å²) in [6, 6.07) is 77.6. The zero-order valence-electron chi connectivity index (χ0n) is 33.1. The van der Waals surface area contributed by atoms with E-state index >= 15 is 0 Å². The van der Waals surface area contributed by atoms with Crippen LogP contribution in [0.15, 0.2) is 223 Å². The normalized spacial score (nSPS) is 11.6. The first-order chi connectivity index (χ1) is 30.2. The van der Waals surface area contributed by atoms with Crippen LogP contribution in [0.4, 0.5) is 0 Å². The number of hydrogen-bond donors (Lipinski definition) is 0. The second-order valence-electron chi connectivity index (χ2n) is 15.6. The molecule has 2 aromatic heterocycles. The van der Waals surface area contributed by atoms with Gasteiger partial charge in [-0.15, -0.1) is 0 Å². The van der Waals surface area contributed by atoms with Crippen LogP contribution in [0.1, 0.15) is 0 Å². The molecule has 0 fully saturated rings. The lowest BCUT2D eigenvalue weighted by Gasteiger charge is -2.19. The molecule has 3 nitrogen and oxygen atoms in total. The largest absolute Gasteiger partial charge is 0.456 e. The maximum Gasteiger partial charge on any atom is 0.160 e. The van der Waals surface area contributed by atoms with Crippen molar-refractivity contribution in [1.82, 2.24) is 9.97 Å². The lowest BCUT2D eigenvalue weighted by molar-refractivity contribution is 0.669. The predicted molar refractivity (Wildman–Crippen MR) is 254 cm³/mol. The molecule has 10 aromatic carbocycles. The number of aromatic nitrogens is 2. The first-order valence-corrected chi connectivity index (χ1v) is 20.7. The standard InChI is InChI=1S/C58H36N2O/c1-3-15-41(16-4-1)54-45-20-9-10-21-46(45)55(57-44-19-8-7-14-39(44)34-35-49(54)57)42-32-28-38(29-33-42)37-26-30-40(31-27-37)50-36-51(60-58(59-50)43-17-5-2-6-18-43)47-23-13-25-53-56(47)48-22-11-12-24-52(48)61-53/h1-36H. The van der Waals surface area contributed by atoms with E-state index in [1.54, 1.807) is 0 Å². The van der Waals surface area contributed by atoms with Gasteiger partial charge in [0, 0.05) is 27.5 Å². The van der Waals surface area contributed by atoms with Gasteiger partial charge in [-0.1, -0.05) is 200 Å². The van der Waals surface area contributed by atoms with Gasteiger partial charge in [0.15, 0.2) is 5.82 Å². The van der Waals surface area contributed by atoms with Crippen molar-refractivity contribution in [2.24, 2.45) is 0 Å². The Kier molecular flexibility index (Phi) is 8.17. The van der Waals surface area contributed by atoms with Gasteiger partial charge in [-0.2, -0.15) is 0 Å². The molecule has 0 N–H and O–H groups in total. The number of rotatable bonds is 6. The molecule has 0 saturated carbocycles. The van der Waals surface area contributed by atoms with Gasteiger partial charge in [0.2, 0.25) is 0 Å². The average molecular weight is 777 g/mol. The molecule has 2 heterocycles. The first kappa shape index (κ1) is 34.9. The van der Waals surface area contributed by atoms with Gasteiger partial charge in [-0.3, -0.25) is 0 Å². The fourth-order valence-electron chi connectivity index (χ4n) is 9.26. The zero-order chi connectivity index (χ0) is 40.3. The van der Waals surface area contributed by atoms with E-state index in [1.165, 1.54) is 54.6 Å². The average Bonchev–Trinajstić information content (AvgIpc) is 3.73. The molecular weight excluding hydrogens is 741 g/mol. The summed E-state index contributed by atoms with van der Waals surface area (Å²) < 4.78 is 6.26. The summed E-state index contributed by atoms with van der Waals surface area (Å²) in [7, 11) is 0. The fourth-order valence-corrected chi connectivity index (χ4v) is 9.26. The van der Waals surface area contributed by atoms with Crippen LogP contribution in [0, 0.1) is 0 Å². The van der Waals surface area contributed by atoms with Gasteiger partial charge in [0.25, 0.3) is 0 Å². The molecule has 0 unspecified atom stereocenters. The molecule has 12 aromatic rings. The Hall–Kier alpha value is -8.14. The highest BCUT2D eigenvalue weighted by Crippen LogP contribution is 2.46. The number of fused-ring (bicyclic) bond motifs is 7. The second kappa shape index (κ2) is 14.3. The lowest BCUT2D eigenvalue weighted by atomic mass is 9.84. The minimum absolute atomic E-state index is 0.683. The van der Waals surface area contributed by atoms with Gasteiger partial charge in [-0.25, -0.2) is 9.97 Å². The Morgan fingerprint density at radius 1 is 0.295 bits per heavy atom. The number of nitrogens with zero attached hydrogens (tertiary/aromatic N) is 2. The highest BCUT2D eigenvalue weighted by atomic mass is 16.3. The molecule has 0 bridgehead atoms. The van der Waals surface area contributed by atoms with E-state index in [-0.39, 0.29) is 0 Å². The Morgan fingerprint density at radius 2 is 0.836 bits per heavy atom. The Bertz CT molecular complexity index is 3610. The predicted octanol–water partition coefficient (Wildman–Crippen LogP) is 15.8. The van der Waals surface area contributed by atoms with Crippen molar-refractivity contribution in [2.75, 3.05) is 0 Å². The summed E-state index contributed by atoms with van der Waals surface area (Å²) in [6.45, 7) is 0. The maximum absolute atomic E-state index is 6.26. The molecular formula is C58H36N2O. The van der Waals surface area contributed by atoms with Gasteiger partial charge in [0.1, 0.15) is 11.2 Å². The van der Waals surface area contributed by atoms with Crippen molar-refractivity contribution < 1.29 is 4.42 Å². The molecule has 0 aliphatic rings. The third-order valence-corrected chi connectivity index (χ3v) is 12.1. The van der Waals surface area contributed by atoms with Crippen LogP contribution < -0.4 is 0 Å². The SMILES string of the molecule is c1ccc(-c2nc(-c3ccc(-c4ccc(-c5c6ccccc6c(-c6ccccc6)c6ccc7ccccc7c56)cc4)cc3)cc(-c3cccc4oc5ccccc5c34)n2)cc1. The highest BCUT2D eigenvalue weighted by molar-refractivity contribution is 6.28. The third kappa shape index (κ3) is 5.90. The van der Waals surface area contributed by atoms with E-state index in [4.69, 9.17) is 14.4 Å². The van der Waals surface area contributed by atoms with E-state index < -0.39 is 0 Å². The molecule has 0 aliphatic heterocycles. The maximum atomic E-state index is 6.26. The number of hydrogen-bond acceptors (Lipinski definition) is 3. The van der Waals surface area contributed by atoms with Gasteiger partial charge in [0.05, 0.1) is 11.4 Å². The van der Waals surface area contributed by atoms with Crippen LogP contribution in [0.3, 0.4) is 0 Å². The molecule has 0 spiro atoms. The van der Waals surface area contributed by atoms with Crippen molar-refractivity contribution in [2.45, 2.75) is 0 Å². The minimum atomic E-state index is 0.683. The topological polar surface area (TPSA) is 38.9 Å². The second-order valence-corrected chi connectivity index (χ2v) is 15.6. The Labute approximate surface area is 352 Å². The molecule has 0 saturated heterocycles. The van der Waals surface area contributed by atoms with Crippen LogP contribution >= 0.6 is 0 Å². The Morgan fingerprint density at radius 3 is 1.57 bits per heavy atom. The fraction of sp³-hybridized carbons (Fsp3) is 0. The molecule has 0 atom stereocenters.